The Hall–Kier alpha value is -3.32. The molecule has 6 nitrogen and oxygen atoms in total. The predicted molar refractivity (Wildman–Crippen MR) is 124 cm³/mol. The van der Waals surface area contributed by atoms with Crippen molar-refractivity contribution >= 4 is 52.3 Å². The topological polar surface area (TPSA) is 80.8 Å². The monoisotopic (exact) mass is 491 g/mol. The summed E-state index contributed by atoms with van der Waals surface area (Å²) < 4.78 is 6.22. The fraction of sp³-hybridized carbons (Fsp3) is 0.154. The van der Waals surface area contributed by atoms with Crippen molar-refractivity contribution in [3.05, 3.63) is 99.5 Å². The molecule has 2 fully saturated rings. The normalized spacial score (nSPS) is 24.8. The van der Waals surface area contributed by atoms with Crippen molar-refractivity contribution in [1.29, 1.82) is 0 Å². The molecule has 0 bridgehead atoms. The van der Waals surface area contributed by atoms with Crippen molar-refractivity contribution in [2.45, 2.75) is 11.7 Å². The van der Waals surface area contributed by atoms with Crippen LogP contribution in [0.4, 0.5) is 5.69 Å². The van der Waals surface area contributed by atoms with Crippen LogP contribution in [0.25, 0.3) is 0 Å². The van der Waals surface area contributed by atoms with E-state index in [1.165, 1.54) is 30.3 Å². The summed E-state index contributed by atoms with van der Waals surface area (Å²) in [6, 6.07) is 19.6. The molecular weight excluding hydrogens is 477 g/mol. The molecule has 0 unspecified atom stereocenters. The minimum Gasteiger partial charge on any atom is -0.349 e. The molecule has 0 aromatic heterocycles. The zero-order valence-corrected chi connectivity index (χ0v) is 18.9. The highest BCUT2D eigenvalue weighted by atomic mass is 35.5. The Labute approximate surface area is 204 Å². The highest BCUT2D eigenvalue weighted by Crippen LogP contribution is 2.57. The molecule has 168 valence electrons. The molecule has 3 atom stereocenters. The van der Waals surface area contributed by atoms with E-state index in [0.29, 0.717) is 5.56 Å². The van der Waals surface area contributed by atoms with Crippen LogP contribution in [0.1, 0.15) is 32.4 Å². The second-order valence-corrected chi connectivity index (χ2v) is 9.40. The van der Waals surface area contributed by atoms with Crippen LogP contribution in [0, 0.1) is 11.8 Å². The van der Waals surface area contributed by atoms with Crippen molar-refractivity contribution in [2.24, 2.45) is 11.8 Å². The first-order chi connectivity index (χ1) is 16.3. The maximum atomic E-state index is 13.8. The SMILES string of the molecule is O=C1[C@H]2[C@@H](C(=O)N1c1cc(Cl)cc(Cl)c1)C1(O[C@H]2c2ccccc2)C(=O)c2ccccc2C1=O. The largest absolute Gasteiger partial charge is 0.349 e. The number of anilines is 1. The van der Waals surface area contributed by atoms with E-state index in [1.54, 1.807) is 42.5 Å². The maximum absolute atomic E-state index is 13.8. The van der Waals surface area contributed by atoms with Crippen LogP contribution >= 0.6 is 23.2 Å². The van der Waals surface area contributed by atoms with E-state index in [4.69, 9.17) is 27.9 Å². The van der Waals surface area contributed by atoms with Crippen LogP contribution in [0.15, 0.2) is 72.8 Å². The van der Waals surface area contributed by atoms with Crippen molar-refractivity contribution in [2.75, 3.05) is 4.90 Å². The van der Waals surface area contributed by atoms with Gasteiger partial charge in [0.15, 0.2) is 0 Å². The number of ether oxygens (including phenoxy) is 1. The standard InChI is InChI=1S/C26H15Cl2NO5/c27-14-10-15(28)12-16(11-14)29-24(32)19-20(25(29)33)26(34-21(19)13-6-2-1-3-7-13)22(30)17-8-4-5-9-18(17)23(26)31/h1-12,19-21H/t19-,20-,21-/m0/s1. The van der Waals surface area contributed by atoms with Gasteiger partial charge in [0.25, 0.3) is 0 Å². The Morgan fingerprint density at radius 3 is 1.88 bits per heavy atom. The lowest BCUT2D eigenvalue weighted by atomic mass is 9.77. The average Bonchev–Trinajstić information content (AvgIpc) is 3.39. The Kier molecular flexibility index (Phi) is 4.58. The molecule has 0 saturated carbocycles. The third-order valence-corrected chi connectivity index (χ3v) is 7.19. The lowest BCUT2D eigenvalue weighted by molar-refractivity contribution is -0.127. The molecule has 3 aromatic rings. The zero-order valence-electron chi connectivity index (χ0n) is 17.4. The molecule has 34 heavy (non-hydrogen) atoms. The molecule has 0 N–H and O–H groups in total. The quantitative estimate of drug-likeness (QED) is 0.383. The third kappa shape index (κ3) is 2.67. The van der Waals surface area contributed by atoms with Crippen molar-refractivity contribution in [3.63, 3.8) is 0 Å². The van der Waals surface area contributed by atoms with Gasteiger partial charge in [-0.3, -0.25) is 19.2 Å². The van der Waals surface area contributed by atoms with Gasteiger partial charge in [-0.15, -0.1) is 0 Å². The molecule has 2 amide bonds. The number of Topliss-reactive ketones (excluding diaryl/α,β-unsaturated/α-hetero) is 2. The number of carbonyl (C=O) groups excluding carboxylic acids is 4. The summed E-state index contributed by atoms with van der Waals surface area (Å²) >= 11 is 12.3. The summed E-state index contributed by atoms with van der Waals surface area (Å²) in [5.41, 5.74) is -0.968. The molecule has 3 aliphatic rings. The number of fused-ring (bicyclic) bond motifs is 3. The molecule has 1 spiro atoms. The van der Waals surface area contributed by atoms with Crippen molar-refractivity contribution in [1.82, 2.24) is 0 Å². The zero-order chi connectivity index (χ0) is 23.8. The van der Waals surface area contributed by atoms with Gasteiger partial charge in [0.05, 0.1) is 23.6 Å². The fourth-order valence-corrected chi connectivity index (χ4v) is 5.90. The Morgan fingerprint density at radius 1 is 0.735 bits per heavy atom. The van der Waals surface area contributed by atoms with Crippen LogP contribution in [0.5, 0.6) is 0 Å². The van der Waals surface area contributed by atoms with Gasteiger partial charge < -0.3 is 4.74 Å². The van der Waals surface area contributed by atoms with Gasteiger partial charge in [-0.2, -0.15) is 0 Å². The smallest absolute Gasteiger partial charge is 0.241 e. The van der Waals surface area contributed by atoms with Gasteiger partial charge in [0.2, 0.25) is 29.0 Å². The van der Waals surface area contributed by atoms with Gasteiger partial charge in [0.1, 0.15) is 0 Å². The summed E-state index contributed by atoms with van der Waals surface area (Å²) in [5.74, 6) is -4.87. The number of benzene rings is 3. The Balaban J connectivity index is 1.56. The number of ketones is 2. The number of carbonyl (C=O) groups is 4. The van der Waals surface area contributed by atoms with E-state index < -0.39 is 46.9 Å². The molecule has 3 aromatic carbocycles. The Bertz CT molecular complexity index is 1360. The van der Waals surface area contributed by atoms with Crippen LogP contribution < -0.4 is 4.90 Å². The summed E-state index contributed by atoms with van der Waals surface area (Å²) in [7, 11) is 0. The fourth-order valence-electron chi connectivity index (χ4n) is 5.38. The molecule has 6 rings (SSSR count). The summed E-state index contributed by atoms with van der Waals surface area (Å²) in [6.45, 7) is 0. The van der Waals surface area contributed by atoms with Gasteiger partial charge in [-0.1, -0.05) is 77.8 Å². The lowest BCUT2D eigenvalue weighted by Crippen LogP contribution is -2.51. The summed E-state index contributed by atoms with van der Waals surface area (Å²) in [5, 5.41) is 0.484. The van der Waals surface area contributed by atoms with Gasteiger partial charge in [0, 0.05) is 21.2 Å². The highest BCUT2D eigenvalue weighted by molar-refractivity contribution is 6.38. The van der Waals surface area contributed by atoms with E-state index in [1.807, 2.05) is 0 Å². The first-order valence-corrected chi connectivity index (χ1v) is 11.4. The van der Waals surface area contributed by atoms with E-state index in [0.717, 1.165) is 4.90 Å². The number of halogens is 2. The second kappa shape index (κ2) is 7.34. The van der Waals surface area contributed by atoms with E-state index in [9.17, 15) is 19.2 Å². The number of imide groups is 1. The van der Waals surface area contributed by atoms with E-state index in [-0.39, 0.29) is 26.9 Å². The van der Waals surface area contributed by atoms with Crippen LogP contribution in [-0.4, -0.2) is 29.0 Å². The first kappa shape index (κ1) is 21.2. The summed E-state index contributed by atoms with van der Waals surface area (Å²) in [6.07, 6.45) is -0.968. The average molecular weight is 492 g/mol. The number of hydrogen-bond donors (Lipinski definition) is 0. The Morgan fingerprint density at radius 2 is 1.29 bits per heavy atom. The van der Waals surface area contributed by atoms with Gasteiger partial charge in [-0.05, 0) is 23.8 Å². The van der Waals surface area contributed by atoms with Gasteiger partial charge >= 0.3 is 0 Å². The lowest BCUT2D eigenvalue weighted by Gasteiger charge is -2.27. The van der Waals surface area contributed by atoms with E-state index in [2.05, 4.69) is 0 Å². The third-order valence-electron chi connectivity index (χ3n) is 6.75. The van der Waals surface area contributed by atoms with Crippen LogP contribution in [-0.2, 0) is 14.3 Å². The van der Waals surface area contributed by atoms with Crippen LogP contribution in [0.2, 0.25) is 10.0 Å². The van der Waals surface area contributed by atoms with Crippen LogP contribution in [0.3, 0.4) is 0 Å². The van der Waals surface area contributed by atoms with Crippen molar-refractivity contribution in [3.8, 4) is 0 Å². The predicted octanol–water partition coefficient (Wildman–Crippen LogP) is 4.69. The molecule has 2 aliphatic heterocycles. The number of rotatable bonds is 2. The molecule has 1 aliphatic carbocycles. The number of nitrogens with zero attached hydrogens (tertiary/aromatic N) is 1. The second-order valence-electron chi connectivity index (χ2n) is 8.53. The minimum atomic E-state index is -2.11. The minimum absolute atomic E-state index is 0.180. The summed E-state index contributed by atoms with van der Waals surface area (Å²) in [4.78, 5) is 55.9. The molecular formula is C26H15Cl2NO5. The van der Waals surface area contributed by atoms with Gasteiger partial charge in [-0.25, -0.2) is 4.90 Å². The molecule has 8 heteroatoms. The van der Waals surface area contributed by atoms with Crippen molar-refractivity contribution < 1.29 is 23.9 Å². The molecule has 2 saturated heterocycles. The van der Waals surface area contributed by atoms with E-state index >= 15 is 0 Å². The maximum Gasteiger partial charge on any atom is 0.241 e. The molecule has 2 heterocycles. The number of hydrogen-bond acceptors (Lipinski definition) is 5. The number of amides is 2. The highest BCUT2D eigenvalue weighted by Gasteiger charge is 2.74. The molecule has 0 radical (unpaired) electrons. The first-order valence-electron chi connectivity index (χ1n) is 10.6.